The number of rotatable bonds is 7. The molecule has 0 aliphatic carbocycles. The van der Waals surface area contributed by atoms with Crippen molar-refractivity contribution in [3.63, 3.8) is 0 Å². The molecule has 0 saturated carbocycles. The van der Waals surface area contributed by atoms with Gasteiger partial charge in [-0.1, -0.05) is 49.5 Å². The lowest BCUT2D eigenvalue weighted by atomic mass is 9.89. The Morgan fingerprint density at radius 2 is 1.89 bits per heavy atom. The van der Waals surface area contributed by atoms with Gasteiger partial charge in [-0.25, -0.2) is 0 Å². The molecule has 1 N–H and O–H groups in total. The van der Waals surface area contributed by atoms with Gasteiger partial charge in [-0.15, -0.1) is 0 Å². The fourth-order valence-corrected chi connectivity index (χ4v) is 3.35. The molecule has 18 heavy (non-hydrogen) atoms. The van der Waals surface area contributed by atoms with Crippen molar-refractivity contribution in [1.29, 1.82) is 0 Å². The predicted octanol–water partition coefficient (Wildman–Crippen LogP) is 5.53. The molecule has 1 nitrogen and oxygen atoms in total. The summed E-state index contributed by atoms with van der Waals surface area (Å²) in [7, 11) is 0. The summed E-state index contributed by atoms with van der Waals surface area (Å²) in [5.74, 6) is 0.700. The van der Waals surface area contributed by atoms with E-state index >= 15 is 0 Å². The molecule has 1 aromatic rings. The van der Waals surface area contributed by atoms with Crippen molar-refractivity contribution >= 4 is 38.5 Å². The summed E-state index contributed by atoms with van der Waals surface area (Å²) >= 11 is 6.10. The van der Waals surface area contributed by atoms with Crippen molar-refractivity contribution < 1.29 is 0 Å². The van der Waals surface area contributed by atoms with E-state index in [-0.39, 0.29) is 0 Å². The Bertz CT molecular complexity index is 364. The van der Waals surface area contributed by atoms with Gasteiger partial charge in [-0.05, 0) is 65.2 Å². The monoisotopic (exact) mass is 423 g/mol. The molecule has 1 unspecified atom stereocenters. The van der Waals surface area contributed by atoms with Crippen molar-refractivity contribution in [2.75, 3.05) is 6.54 Å². The highest BCUT2D eigenvalue weighted by molar-refractivity contribution is 14.1. The van der Waals surface area contributed by atoms with Gasteiger partial charge in [-0.2, -0.15) is 0 Å². The molecule has 0 aromatic heterocycles. The zero-order valence-corrected chi connectivity index (χ0v) is 15.2. The second kappa shape index (κ2) is 8.54. The maximum Gasteiger partial charge on any atom is 0.0360 e. The maximum absolute atomic E-state index is 3.72. The first-order valence-electron chi connectivity index (χ1n) is 6.82. The largest absolute Gasteiger partial charge is 0.310 e. The first-order chi connectivity index (χ1) is 8.63. The van der Waals surface area contributed by atoms with Gasteiger partial charge in [0.1, 0.15) is 0 Å². The summed E-state index contributed by atoms with van der Waals surface area (Å²) in [6, 6.07) is 7.08. The van der Waals surface area contributed by atoms with Crippen LogP contribution < -0.4 is 5.32 Å². The number of nitrogens with one attached hydrogen (secondary N) is 1. The zero-order valence-electron chi connectivity index (χ0n) is 11.5. The van der Waals surface area contributed by atoms with Crippen LogP contribution in [0, 0.1) is 9.49 Å². The summed E-state index contributed by atoms with van der Waals surface area (Å²) in [6.07, 6.45) is 3.61. The highest BCUT2D eigenvalue weighted by Crippen LogP contribution is 2.33. The highest BCUT2D eigenvalue weighted by Gasteiger charge is 2.21. The maximum atomic E-state index is 3.72. The fourth-order valence-electron chi connectivity index (χ4n) is 2.34. The van der Waals surface area contributed by atoms with Gasteiger partial charge in [0, 0.05) is 14.1 Å². The normalized spacial score (nSPS) is 13.0. The minimum absolute atomic E-state index is 0.462. The molecular weight excluding hydrogens is 401 g/mol. The third-order valence-electron chi connectivity index (χ3n) is 3.43. The average molecular weight is 424 g/mol. The Morgan fingerprint density at radius 3 is 2.44 bits per heavy atom. The first kappa shape index (κ1) is 16.4. The van der Waals surface area contributed by atoms with Crippen molar-refractivity contribution in [2.24, 2.45) is 5.92 Å². The lowest BCUT2D eigenvalue weighted by Gasteiger charge is -2.28. The lowest BCUT2D eigenvalue weighted by molar-refractivity contribution is 0.340. The molecule has 1 rings (SSSR count). The van der Waals surface area contributed by atoms with Crippen molar-refractivity contribution in [3.05, 3.63) is 31.8 Å². The molecule has 0 spiro atoms. The van der Waals surface area contributed by atoms with E-state index in [4.69, 9.17) is 0 Å². The van der Waals surface area contributed by atoms with Gasteiger partial charge in [-0.3, -0.25) is 0 Å². The van der Waals surface area contributed by atoms with Crippen molar-refractivity contribution in [2.45, 2.75) is 46.1 Å². The van der Waals surface area contributed by atoms with Gasteiger partial charge < -0.3 is 5.32 Å². The standard InChI is InChI=1S/C15H23BrIN/c1-4-9-18-15(11(5-2)6-3)13-10-12(17)7-8-14(13)16/h7-8,10-11,15,18H,4-6,9H2,1-3H3. The third kappa shape index (κ3) is 4.49. The van der Waals surface area contributed by atoms with Crippen LogP contribution in [0.25, 0.3) is 0 Å². The Labute approximate surface area is 133 Å². The summed E-state index contributed by atoms with van der Waals surface area (Å²) in [4.78, 5) is 0. The summed E-state index contributed by atoms with van der Waals surface area (Å²) in [5, 5.41) is 3.72. The van der Waals surface area contributed by atoms with E-state index in [1.54, 1.807) is 0 Å². The van der Waals surface area contributed by atoms with Crippen molar-refractivity contribution in [3.8, 4) is 0 Å². The van der Waals surface area contributed by atoms with Crippen LogP contribution in [0.5, 0.6) is 0 Å². The topological polar surface area (TPSA) is 12.0 Å². The molecule has 0 bridgehead atoms. The quantitative estimate of drug-likeness (QED) is 0.568. The molecule has 0 fully saturated rings. The van der Waals surface area contributed by atoms with Gasteiger partial charge in [0.15, 0.2) is 0 Å². The van der Waals surface area contributed by atoms with Crippen LogP contribution in [-0.2, 0) is 0 Å². The second-order valence-electron chi connectivity index (χ2n) is 4.67. The van der Waals surface area contributed by atoms with Crippen LogP contribution in [0.15, 0.2) is 22.7 Å². The van der Waals surface area contributed by atoms with Crippen LogP contribution >= 0.6 is 38.5 Å². The number of halogens is 2. The molecular formula is C15H23BrIN. The van der Waals surface area contributed by atoms with Crippen LogP contribution in [-0.4, -0.2) is 6.54 Å². The molecule has 1 aromatic carbocycles. The van der Waals surface area contributed by atoms with Gasteiger partial charge >= 0.3 is 0 Å². The highest BCUT2D eigenvalue weighted by atomic mass is 127. The number of hydrogen-bond donors (Lipinski definition) is 1. The molecule has 0 aliphatic heterocycles. The predicted molar refractivity (Wildman–Crippen MR) is 92.0 cm³/mol. The fraction of sp³-hybridized carbons (Fsp3) is 0.600. The minimum Gasteiger partial charge on any atom is -0.310 e. The molecule has 1 atom stereocenters. The zero-order chi connectivity index (χ0) is 13.5. The van der Waals surface area contributed by atoms with E-state index in [0.29, 0.717) is 12.0 Å². The molecule has 3 heteroatoms. The van der Waals surface area contributed by atoms with Crippen molar-refractivity contribution in [1.82, 2.24) is 5.32 Å². The molecule has 0 aliphatic rings. The molecule has 102 valence electrons. The number of benzene rings is 1. The summed E-state index contributed by atoms with van der Waals surface area (Å²) < 4.78 is 2.53. The van der Waals surface area contributed by atoms with E-state index in [2.05, 4.69) is 82.8 Å². The Balaban J connectivity index is 3.03. The second-order valence-corrected chi connectivity index (χ2v) is 6.77. The van der Waals surface area contributed by atoms with E-state index in [9.17, 15) is 0 Å². The Kier molecular flexibility index (Phi) is 7.80. The average Bonchev–Trinajstić information content (AvgIpc) is 2.38. The van der Waals surface area contributed by atoms with Crippen LogP contribution in [0.1, 0.15) is 51.6 Å². The van der Waals surface area contributed by atoms with E-state index in [0.717, 1.165) is 6.54 Å². The van der Waals surface area contributed by atoms with Crippen LogP contribution in [0.2, 0.25) is 0 Å². The first-order valence-corrected chi connectivity index (χ1v) is 8.69. The van der Waals surface area contributed by atoms with E-state index in [1.165, 1.54) is 32.9 Å². The molecule has 0 saturated heterocycles. The SMILES string of the molecule is CCCNC(c1cc(I)ccc1Br)C(CC)CC. The van der Waals surface area contributed by atoms with Crippen LogP contribution in [0.4, 0.5) is 0 Å². The summed E-state index contributed by atoms with van der Waals surface area (Å²) in [5.41, 5.74) is 1.41. The Hall–Kier alpha value is 0.390. The molecule has 0 heterocycles. The van der Waals surface area contributed by atoms with Gasteiger partial charge in [0.2, 0.25) is 0 Å². The van der Waals surface area contributed by atoms with E-state index < -0.39 is 0 Å². The number of hydrogen-bond acceptors (Lipinski definition) is 1. The smallest absolute Gasteiger partial charge is 0.0360 e. The summed E-state index contributed by atoms with van der Waals surface area (Å²) in [6.45, 7) is 7.88. The van der Waals surface area contributed by atoms with Crippen LogP contribution in [0.3, 0.4) is 0 Å². The third-order valence-corrected chi connectivity index (χ3v) is 4.82. The lowest BCUT2D eigenvalue weighted by Crippen LogP contribution is -2.29. The van der Waals surface area contributed by atoms with E-state index in [1.807, 2.05) is 0 Å². The minimum atomic E-state index is 0.462. The Morgan fingerprint density at radius 1 is 1.22 bits per heavy atom. The van der Waals surface area contributed by atoms with Gasteiger partial charge in [0.05, 0.1) is 0 Å². The molecule has 0 radical (unpaired) electrons. The van der Waals surface area contributed by atoms with Gasteiger partial charge in [0.25, 0.3) is 0 Å². The molecule has 0 amide bonds.